The van der Waals surface area contributed by atoms with Crippen molar-refractivity contribution in [3.63, 3.8) is 0 Å². The number of anilines is 1. The largest absolute Gasteiger partial charge is 0.392 e. The van der Waals surface area contributed by atoms with Crippen LogP contribution < -0.4 is 5.32 Å². The fraction of sp³-hybridized carbons (Fsp3) is 0.125. The molecule has 1 aromatic carbocycles. The van der Waals surface area contributed by atoms with Gasteiger partial charge in [0.05, 0.1) is 24.2 Å². The summed E-state index contributed by atoms with van der Waals surface area (Å²) in [4.78, 5) is 4.08. The van der Waals surface area contributed by atoms with Crippen LogP contribution in [0.15, 0.2) is 61.2 Å². The van der Waals surface area contributed by atoms with Gasteiger partial charge in [-0.25, -0.2) is 4.68 Å². The van der Waals surface area contributed by atoms with Gasteiger partial charge in [0.15, 0.2) is 0 Å². The van der Waals surface area contributed by atoms with E-state index in [4.69, 9.17) is 0 Å². The summed E-state index contributed by atoms with van der Waals surface area (Å²) in [5.74, 6) is 0. The second kappa shape index (κ2) is 6.19. The minimum Gasteiger partial charge on any atom is -0.392 e. The SMILES string of the molecule is OCc1ccncc1NCc1cccc(-n2cccn2)c1. The quantitative estimate of drug-likeness (QED) is 0.753. The number of aromatic nitrogens is 3. The minimum atomic E-state index is -0.00181. The molecule has 2 heterocycles. The van der Waals surface area contributed by atoms with Crippen LogP contribution in [0.1, 0.15) is 11.1 Å². The zero-order chi connectivity index (χ0) is 14.5. The molecule has 0 radical (unpaired) electrons. The van der Waals surface area contributed by atoms with Crippen LogP contribution in [-0.2, 0) is 13.2 Å². The van der Waals surface area contributed by atoms with Crippen molar-refractivity contribution in [2.45, 2.75) is 13.2 Å². The monoisotopic (exact) mass is 280 g/mol. The van der Waals surface area contributed by atoms with E-state index < -0.39 is 0 Å². The Morgan fingerprint density at radius 3 is 2.90 bits per heavy atom. The Kier molecular flexibility index (Phi) is 3.93. The topological polar surface area (TPSA) is 63.0 Å². The summed E-state index contributed by atoms with van der Waals surface area (Å²) in [5, 5.41) is 16.8. The van der Waals surface area contributed by atoms with Gasteiger partial charge >= 0.3 is 0 Å². The molecule has 0 amide bonds. The number of rotatable bonds is 5. The summed E-state index contributed by atoms with van der Waals surface area (Å²) in [7, 11) is 0. The maximum Gasteiger partial charge on any atom is 0.0703 e. The predicted molar refractivity (Wildman–Crippen MR) is 81.1 cm³/mol. The molecule has 106 valence electrons. The van der Waals surface area contributed by atoms with Gasteiger partial charge in [0.2, 0.25) is 0 Å². The lowest BCUT2D eigenvalue weighted by molar-refractivity contribution is 0.282. The molecule has 0 atom stereocenters. The van der Waals surface area contributed by atoms with E-state index in [2.05, 4.69) is 27.5 Å². The van der Waals surface area contributed by atoms with Crippen LogP contribution in [0.25, 0.3) is 5.69 Å². The summed E-state index contributed by atoms with van der Waals surface area (Å²) in [6.45, 7) is 0.659. The highest BCUT2D eigenvalue weighted by molar-refractivity contribution is 5.49. The molecule has 0 spiro atoms. The van der Waals surface area contributed by atoms with Crippen molar-refractivity contribution in [3.8, 4) is 5.69 Å². The molecular weight excluding hydrogens is 264 g/mol. The highest BCUT2D eigenvalue weighted by Crippen LogP contribution is 2.16. The first-order valence-electron chi connectivity index (χ1n) is 6.73. The second-order valence-corrected chi connectivity index (χ2v) is 4.67. The number of aliphatic hydroxyl groups excluding tert-OH is 1. The van der Waals surface area contributed by atoms with Crippen LogP contribution in [0.5, 0.6) is 0 Å². The highest BCUT2D eigenvalue weighted by atomic mass is 16.3. The van der Waals surface area contributed by atoms with Crippen LogP contribution >= 0.6 is 0 Å². The lowest BCUT2D eigenvalue weighted by Gasteiger charge is -2.11. The van der Waals surface area contributed by atoms with E-state index in [1.165, 1.54) is 0 Å². The number of aliphatic hydroxyl groups is 1. The maximum absolute atomic E-state index is 9.31. The van der Waals surface area contributed by atoms with E-state index in [-0.39, 0.29) is 6.61 Å². The first-order chi connectivity index (χ1) is 10.4. The van der Waals surface area contributed by atoms with Crippen LogP contribution in [0, 0.1) is 0 Å². The second-order valence-electron chi connectivity index (χ2n) is 4.67. The molecule has 5 nitrogen and oxygen atoms in total. The summed E-state index contributed by atoms with van der Waals surface area (Å²) in [5.41, 5.74) is 3.85. The third kappa shape index (κ3) is 3.09. The van der Waals surface area contributed by atoms with Gasteiger partial charge in [-0.2, -0.15) is 5.10 Å². The van der Waals surface area contributed by atoms with Crippen molar-refractivity contribution < 1.29 is 5.11 Å². The van der Waals surface area contributed by atoms with E-state index in [1.807, 2.05) is 35.1 Å². The van der Waals surface area contributed by atoms with E-state index in [1.54, 1.807) is 18.6 Å². The van der Waals surface area contributed by atoms with Gasteiger partial charge in [-0.05, 0) is 29.8 Å². The molecule has 3 rings (SSSR count). The molecule has 2 aromatic heterocycles. The molecule has 2 N–H and O–H groups in total. The molecule has 0 saturated carbocycles. The van der Waals surface area contributed by atoms with E-state index in [0.717, 1.165) is 22.5 Å². The summed E-state index contributed by atoms with van der Waals surface area (Å²) < 4.78 is 1.83. The molecule has 0 aliphatic rings. The first kappa shape index (κ1) is 13.3. The van der Waals surface area contributed by atoms with Gasteiger partial charge in [-0.1, -0.05) is 12.1 Å². The van der Waals surface area contributed by atoms with Gasteiger partial charge in [0, 0.05) is 30.7 Å². The first-order valence-corrected chi connectivity index (χ1v) is 6.73. The van der Waals surface area contributed by atoms with Crippen molar-refractivity contribution in [2.75, 3.05) is 5.32 Å². The fourth-order valence-corrected chi connectivity index (χ4v) is 2.15. The highest BCUT2D eigenvalue weighted by Gasteiger charge is 2.02. The average Bonchev–Trinajstić information content (AvgIpc) is 3.08. The van der Waals surface area contributed by atoms with E-state index in [0.29, 0.717) is 6.54 Å². The third-order valence-corrected chi connectivity index (χ3v) is 3.24. The van der Waals surface area contributed by atoms with Crippen LogP contribution in [0.4, 0.5) is 5.69 Å². The van der Waals surface area contributed by atoms with Gasteiger partial charge in [0.25, 0.3) is 0 Å². The molecule has 0 saturated heterocycles. The molecule has 5 heteroatoms. The van der Waals surface area contributed by atoms with Crippen molar-refractivity contribution in [1.29, 1.82) is 0 Å². The van der Waals surface area contributed by atoms with E-state index >= 15 is 0 Å². The van der Waals surface area contributed by atoms with Gasteiger partial charge in [-0.15, -0.1) is 0 Å². The lowest BCUT2D eigenvalue weighted by atomic mass is 10.2. The van der Waals surface area contributed by atoms with E-state index in [9.17, 15) is 5.11 Å². The Bertz CT molecular complexity index is 710. The standard InChI is InChI=1S/C16H16N4O/c21-12-14-5-7-17-11-16(14)18-10-13-3-1-4-15(9-13)20-8-2-6-19-20/h1-9,11,18,21H,10,12H2. The number of nitrogens with zero attached hydrogens (tertiary/aromatic N) is 3. The zero-order valence-electron chi connectivity index (χ0n) is 11.5. The van der Waals surface area contributed by atoms with Crippen LogP contribution in [-0.4, -0.2) is 19.9 Å². The zero-order valence-corrected chi connectivity index (χ0v) is 11.5. The molecule has 0 aliphatic heterocycles. The molecule has 0 unspecified atom stereocenters. The van der Waals surface area contributed by atoms with Crippen LogP contribution in [0.2, 0.25) is 0 Å². The van der Waals surface area contributed by atoms with Gasteiger partial charge in [-0.3, -0.25) is 4.98 Å². The van der Waals surface area contributed by atoms with Crippen LogP contribution in [0.3, 0.4) is 0 Å². The van der Waals surface area contributed by atoms with Crippen molar-refractivity contribution in [2.24, 2.45) is 0 Å². The Labute approximate surface area is 122 Å². The smallest absolute Gasteiger partial charge is 0.0703 e. The number of hydrogen-bond acceptors (Lipinski definition) is 4. The molecule has 0 aliphatic carbocycles. The minimum absolute atomic E-state index is 0.00181. The van der Waals surface area contributed by atoms with Crippen molar-refractivity contribution >= 4 is 5.69 Å². The number of nitrogens with one attached hydrogen (secondary N) is 1. The Balaban J connectivity index is 1.75. The third-order valence-electron chi connectivity index (χ3n) is 3.24. The summed E-state index contributed by atoms with van der Waals surface area (Å²) >= 11 is 0. The fourth-order valence-electron chi connectivity index (χ4n) is 2.15. The van der Waals surface area contributed by atoms with Gasteiger partial charge < -0.3 is 10.4 Å². The molecule has 0 bridgehead atoms. The Morgan fingerprint density at radius 2 is 2.10 bits per heavy atom. The number of benzene rings is 1. The molecule has 21 heavy (non-hydrogen) atoms. The lowest BCUT2D eigenvalue weighted by Crippen LogP contribution is -2.04. The Morgan fingerprint density at radius 1 is 1.14 bits per heavy atom. The number of hydrogen-bond donors (Lipinski definition) is 2. The van der Waals surface area contributed by atoms with Gasteiger partial charge in [0.1, 0.15) is 0 Å². The van der Waals surface area contributed by atoms with Crippen molar-refractivity contribution in [3.05, 3.63) is 72.3 Å². The maximum atomic E-state index is 9.31. The predicted octanol–water partition coefficient (Wildman–Crippen LogP) is 2.37. The molecule has 3 aromatic rings. The Hall–Kier alpha value is -2.66. The summed E-state index contributed by atoms with van der Waals surface area (Å²) in [6, 6.07) is 11.9. The number of pyridine rings is 1. The molecular formula is C16H16N4O. The van der Waals surface area contributed by atoms with Crippen molar-refractivity contribution in [1.82, 2.24) is 14.8 Å². The molecule has 0 fully saturated rings. The summed E-state index contributed by atoms with van der Waals surface area (Å²) in [6.07, 6.45) is 7.07. The average molecular weight is 280 g/mol. The normalized spacial score (nSPS) is 10.5.